The Balaban J connectivity index is 1.97. The lowest BCUT2D eigenvalue weighted by Crippen LogP contribution is -2.32. The van der Waals surface area contributed by atoms with Gasteiger partial charge in [0.1, 0.15) is 5.75 Å². The van der Waals surface area contributed by atoms with Crippen molar-refractivity contribution in [1.82, 2.24) is 5.32 Å². The minimum atomic E-state index is 0.350. The second-order valence-electron chi connectivity index (χ2n) is 5.41. The van der Waals surface area contributed by atoms with Crippen LogP contribution in [0.15, 0.2) is 24.3 Å². The highest BCUT2D eigenvalue weighted by Crippen LogP contribution is 2.24. The van der Waals surface area contributed by atoms with Gasteiger partial charge in [0.05, 0.1) is 0 Å². The molecule has 2 rings (SSSR count). The van der Waals surface area contributed by atoms with Gasteiger partial charge in [-0.25, -0.2) is 0 Å². The van der Waals surface area contributed by atoms with Crippen LogP contribution in [-0.2, 0) is 0 Å². The lowest BCUT2D eigenvalue weighted by molar-refractivity contribution is 0.391. The van der Waals surface area contributed by atoms with Crippen LogP contribution in [0.1, 0.15) is 63.5 Å². The summed E-state index contributed by atoms with van der Waals surface area (Å²) in [6.45, 7) is 2.22. The normalized spacial score (nSPS) is 19.4. The molecule has 1 aromatic carbocycles. The van der Waals surface area contributed by atoms with Gasteiger partial charge in [-0.3, -0.25) is 0 Å². The number of nitrogens with one attached hydrogen (secondary N) is 1. The van der Waals surface area contributed by atoms with Crippen LogP contribution in [0.4, 0.5) is 0 Å². The smallest absolute Gasteiger partial charge is 0.115 e. The maximum Gasteiger partial charge on any atom is 0.115 e. The molecule has 2 N–H and O–H groups in total. The van der Waals surface area contributed by atoms with Gasteiger partial charge in [0.15, 0.2) is 0 Å². The van der Waals surface area contributed by atoms with Gasteiger partial charge >= 0.3 is 0 Å². The lowest BCUT2D eigenvalue weighted by atomic mass is 10.0. The van der Waals surface area contributed by atoms with E-state index in [1.165, 1.54) is 44.1 Å². The van der Waals surface area contributed by atoms with E-state index in [0.717, 1.165) is 6.42 Å². The predicted octanol–water partition coefficient (Wildman–Crippen LogP) is 4.16. The zero-order valence-electron chi connectivity index (χ0n) is 11.4. The Bertz CT molecular complexity index is 339. The first-order valence-corrected chi connectivity index (χ1v) is 7.34. The van der Waals surface area contributed by atoms with Crippen molar-refractivity contribution < 1.29 is 5.11 Å². The molecule has 1 atom stereocenters. The highest BCUT2D eigenvalue weighted by atomic mass is 16.3. The first-order chi connectivity index (χ1) is 8.79. The minimum absolute atomic E-state index is 0.350. The van der Waals surface area contributed by atoms with Crippen molar-refractivity contribution in [2.24, 2.45) is 0 Å². The molecule has 0 bridgehead atoms. The van der Waals surface area contributed by atoms with Crippen molar-refractivity contribution in [1.29, 1.82) is 0 Å². The van der Waals surface area contributed by atoms with E-state index in [9.17, 15) is 5.11 Å². The molecule has 1 aliphatic rings. The maximum absolute atomic E-state index is 9.35. The van der Waals surface area contributed by atoms with Crippen LogP contribution in [0.2, 0.25) is 0 Å². The van der Waals surface area contributed by atoms with Gasteiger partial charge in [-0.05, 0) is 37.0 Å². The molecule has 0 spiro atoms. The van der Waals surface area contributed by atoms with E-state index in [1.54, 1.807) is 12.1 Å². The maximum atomic E-state index is 9.35. The predicted molar refractivity (Wildman–Crippen MR) is 75.8 cm³/mol. The molecule has 0 radical (unpaired) electrons. The Morgan fingerprint density at radius 3 is 2.28 bits per heavy atom. The van der Waals surface area contributed by atoms with Gasteiger partial charge in [0.25, 0.3) is 0 Å². The van der Waals surface area contributed by atoms with Crippen LogP contribution in [-0.4, -0.2) is 11.1 Å². The Hall–Kier alpha value is -1.02. The number of aromatic hydroxyl groups is 1. The molecule has 1 aromatic rings. The fraction of sp³-hybridized carbons (Fsp3) is 0.625. The summed E-state index contributed by atoms with van der Waals surface area (Å²) in [5.74, 6) is 0.350. The van der Waals surface area contributed by atoms with Gasteiger partial charge in [-0.1, -0.05) is 44.7 Å². The van der Waals surface area contributed by atoms with Crippen molar-refractivity contribution >= 4 is 0 Å². The second kappa shape index (κ2) is 6.79. The summed E-state index contributed by atoms with van der Waals surface area (Å²) in [7, 11) is 0. The third kappa shape index (κ3) is 3.74. The number of hydrogen-bond acceptors (Lipinski definition) is 2. The number of rotatable bonds is 4. The highest BCUT2D eigenvalue weighted by Gasteiger charge is 2.17. The summed E-state index contributed by atoms with van der Waals surface area (Å²) in [5.41, 5.74) is 1.29. The van der Waals surface area contributed by atoms with Crippen LogP contribution in [0.3, 0.4) is 0 Å². The first-order valence-electron chi connectivity index (χ1n) is 7.34. The SMILES string of the molecule is CCC(NC1CCCCCC1)c1ccc(O)cc1. The van der Waals surface area contributed by atoms with Gasteiger partial charge in [0, 0.05) is 12.1 Å². The zero-order chi connectivity index (χ0) is 12.8. The van der Waals surface area contributed by atoms with Crippen LogP contribution in [0.5, 0.6) is 5.75 Å². The molecular weight excluding hydrogens is 222 g/mol. The molecule has 2 nitrogen and oxygen atoms in total. The van der Waals surface area contributed by atoms with Crippen LogP contribution in [0, 0.1) is 0 Å². The van der Waals surface area contributed by atoms with Crippen molar-refractivity contribution in [3.63, 3.8) is 0 Å². The fourth-order valence-electron chi connectivity index (χ4n) is 2.89. The minimum Gasteiger partial charge on any atom is -0.508 e. The summed E-state index contributed by atoms with van der Waals surface area (Å²) in [4.78, 5) is 0. The van der Waals surface area contributed by atoms with Gasteiger partial charge in [0.2, 0.25) is 0 Å². The van der Waals surface area contributed by atoms with Gasteiger partial charge in [-0.2, -0.15) is 0 Å². The topological polar surface area (TPSA) is 32.3 Å². The Labute approximate surface area is 110 Å². The van der Waals surface area contributed by atoms with Crippen molar-refractivity contribution in [3.8, 4) is 5.75 Å². The zero-order valence-corrected chi connectivity index (χ0v) is 11.4. The van der Waals surface area contributed by atoms with Crippen LogP contribution < -0.4 is 5.32 Å². The van der Waals surface area contributed by atoms with Crippen LogP contribution in [0.25, 0.3) is 0 Å². The van der Waals surface area contributed by atoms with Crippen LogP contribution >= 0.6 is 0 Å². The Kier molecular flexibility index (Phi) is 5.06. The molecule has 0 aromatic heterocycles. The molecule has 18 heavy (non-hydrogen) atoms. The number of benzene rings is 1. The summed E-state index contributed by atoms with van der Waals surface area (Å²) in [5, 5.41) is 13.1. The summed E-state index contributed by atoms with van der Waals surface area (Å²) < 4.78 is 0. The Morgan fingerprint density at radius 1 is 1.11 bits per heavy atom. The molecule has 0 saturated heterocycles. The van der Waals surface area contributed by atoms with Crippen molar-refractivity contribution in [2.75, 3.05) is 0 Å². The van der Waals surface area contributed by atoms with Gasteiger partial charge < -0.3 is 10.4 Å². The second-order valence-corrected chi connectivity index (χ2v) is 5.41. The largest absolute Gasteiger partial charge is 0.508 e. The van der Waals surface area contributed by atoms with E-state index in [1.807, 2.05) is 12.1 Å². The van der Waals surface area contributed by atoms with E-state index in [2.05, 4.69) is 12.2 Å². The molecule has 2 heteroatoms. The monoisotopic (exact) mass is 247 g/mol. The number of phenolic OH excluding ortho intramolecular Hbond substituents is 1. The molecule has 0 amide bonds. The van der Waals surface area contributed by atoms with Crippen molar-refractivity contribution in [3.05, 3.63) is 29.8 Å². The highest BCUT2D eigenvalue weighted by molar-refractivity contribution is 5.28. The standard InChI is InChI=1S/C16H25NO/c1-2-16(13-9-11-15(18)12-10-13)17-14-7-5-3-4-6-8-14/h9-12,14,16-18H,2-8H2,1H3. The number of hydrogen-bond donors (Lipinski definition) is 2. The molecule has 100 valence electrons. The third-order valence-corrected chi connectivity index (χ3v) is 4.00. The molecule has 0 heterocycles. The van der Waals surface area contributed by atoms with E-state index in [-0.39, 0.29) is 0 Å². The fourth-order valence-corrected chi connectivity index (χ4v) is 2.89. The lowest BCUT2D eigenvalue weighted by Gasteiger charge is -2.24. The first kappa shape index (κ1) is 13.4. The molecular formula is C16H25NO. The summed E-state index contributed by atoms with van der Waals surface area (Å²) >= 11 is 0. The summed E-state index contributed by atoms with van der Waals surface area (Å²) in [6, 6.07) is 8.74. The average molecular weight is 247 g/mol. The quantitative estimate of drug-likeness (QED) is 0.783. The third-order valence-electron chi connectivity index (χ3n) is 4.00. The van der Waals surface area contributed by atoms with E-state index in [0.29, 0.717) is 17.8 Å². The van der Waals surface area contributed by atoms with Gasteiger partial charge in [-0.15, -0.1) is 0 Å². The molecule has 1 aliphatic carbocycles. The molecule has 1 saturated carbocycles. The van der Waals surface area contributed by atoms with E-state index < -0.39 is 0 Å². The Morgan fingerprint density at radius 2 is 1.72 bits per heavy atom. The average Bonchev–Trinajstić information content (AvgIpc) is 2.66. The van der Waals surface area contributed by atoms with Crippen molar-refractivity contribution in [2.45, 2.75) is 64.0 Å². The molecule has 1 fully saturated rings. The summed E-state index contributed by atoms with van der Waals surface area (Å²) in [6.07, 6.45) is 9.25. The molecule has 0 aliphatic heterocycles. The van der Waals surface area contributed by atoms with E-state index in [4.69, 9.17) is 0 Å². The number of phenols is 1. The van der Waals surface area contributed by atoms with E-state index >= 15 is 0 Å². The molecule has 1 unspecified atom stereocenters.